The lowest BCUT2D eigenvalue weighted by molar-refractivity contribution is -0.148. The van der Waals surface area contributed by atoms with E-state index in [1.54, 1.807) is 6.92 Å². The third-order valence-corrected chi connectivity index (χ3v) is 3.47. The van der Waals surface area contributed by atoms with Gasteiger partial charge in [0.15, 0.2) is 0 Å². The van der Waals surface area contributed by atoms with E-state index < -0.39 is 30.4 Å². The van der Waals surface area contributed by atoms with Crippen LogP contribution >= 0.6 is 0 Å². The van der Waals surface area contributed by atoms with Gasteiger partial charge in [0.2, 0.25) is 0 Å². The number of hydrogen-bond acceptors (Lipinski definition) is 5. The first-order valence-corrected chi connectivity index (χ1v) is 7.32. The fourth-order valence-electron chi connectivity index (χ4n) is 2.22. The Bertz CT molecular complexity index is 638. The topological polar surface area (TPSA) is 84.0 Å². The largest absolute Gasteiger partial charge is 0.465 e. The molecular weight excluding hydrogens is 300 g/mol. The van der Waals surface area contributed by atoms with Gasteiger partial charge in [-0.2, -0.15) is 0 Å². The second kappa shape index (κ2) is 7.04. The van der Waals surface area contributed by atoms with Gasteiger partial charge >= 0.3 is 23.8 Å². The van der Waals surface area contributed by atoms with Crippen LogP contribution in [0.5, 0.6) is 0 Å². The molecule has 1 aliphatic rings. The summed E-state index contributed by atoms with van der Waals surface area (Å²) in [6, 6.07) is 6.89. The molecule has 0 radical (unpaired) electrons. The van der Waals surface area contributed by atoms with Crippen LogP contribution in [0, 0.1) is 6.92 Å². The highest BCUT2D eigenvalue weighted by molar-refractivity contribution is 6.44. The summed E-state index contributed by atoms with van der Waals surface area (Å²) in [4.78, 5) is 48.8. The molecule has 1 fully saturated rings. The Morgan fingerprint density at radius 2 is 1.65 bits per heavy atom. The number of amides is 4. The first-order chi connectivity index (χ1) is 10.9. The zero-order chi connectivity index (χ0) is 17.0. The van der Waals surface area contributed by atoms with Gasteiger partial charge in [-0.25, -0.2) is 9.69 Å². The van der Waals surface area contributed by atoms with Crippen LogP contribution < -0.4 is 0 Å². The molecule has 1 aromatic carbocycles. The van der Waals surface area contributed by atoms with E-state index in [1.165, 1.54) is 0 Å². The number of nitrogens with zero attached hydrogens (tertiary/aromatic N) is 2. The second-order valence-electron chi connectivity index (χ2n) is 5.17. The zero-order valence-electron chi connectivity index (χ0n) is 13.1. The highest BCUT2D eigenvalue weighted by Crippen LogP contribution is 2.14. The lowest BCUT2D eigenvalue weighted by Gasteiger charge is -2.14. The summed E-state index contributed by atoms with van der Waals surface area (Å²) in [6.45, 7) is 3.26. The molecule has 7 heteroatoms. The average molecular weight is 318 g/mol. The quantitative estimate of drug-likeness (QED) is 0.442. The van der Waals surface area contributed by atoms with Gasteiger partial charge < -0.3 is 4.74 Å². The number of aryl methyl sites for hydroxylation is 1. The molecule has 0 N–H and O–H groups in total. The first kappa shape index (κ1) is 16.7. The lowest BCUT2D eigenvalue weighted by atomic mass is 10.1. The number of urea groups is 1. The molecule has 0 saturated carbocycles. The second-order valence-corrected chi connectivity index (χ2v) is 5.17. The third-order valence-electron chi connectivity index (χ3n) is 3.47. The molecule has 0 spiro atoms. The van der Waals surface area contributed by atoms with Gasteiger partial charge in [0, 0.05) is 6.54 Å². The summed E-state index contributed by atoms with van der Waals surface area (Å²) in [5.41, 5.74) is 2.06. The number of carbonyl (C=O) groups excluding carboxylic acids is 4. The van der Waals surface area contributed by atoms with E-state index in [4.69, 9.17) is 4.74 Å². The van der Waals surface area contributed by atoms with E-state index in [0.29, 0.717) is 11.3 Å². The van der Waals surface area contributed by atoms with E-state index in [1.807, 2.05) is 31.2 Å². The molecule has 0 atom stereocenters. The number of rotatable bonds is 6. The number of carbonyl (C=O) groups is 4. The van der Waals surface area contributed by atoms with Crippen LogP contribution in [-0.2, 0) is 25.5 Å². The molecule has 1 aliphatic heterocycles. The summed E-state index contributed by atoms with van der Waals surface area (Å²) in [7, 11) is 0. The average Bonchev–Trinajstić information content (AvgIpc) is 2.71. The van der Waals surface area contributed by atoms with Crippen LogP contribution in [0.15, 0.2) is 24.3 Å². The monoisotopic (exact) mass is 318 g/mol. The van der Waals surface area contributed by atoms with Crippen LogP contribution in [-0.4, -0.2) is 53.3 Å². The van der Waals surface area contributed by atoms with E-state index >= 15 is 0 Å². The Hall–Kier alpha value is -2.70. The highest BCUT2D eigenvalue weighted by Gasteiger charge is 2.45. The molecule has 0 aromatic heterocycles. The van der Waals surface area contributed by atoms with Gasteiger partial charge in [0.05, 0.1) is 6.61 Å². The fourth-order valence-corrected chi connectivity index (χ4v) is 2.22. The van der Waals surface area contributed by atoms with Crippen molar-refractivity contribution in [3.63, 3.8) is 0 Å². The van der Waals surface area contributed by atoms with Crippen molar-refractivity contribution < 1.29 is 23.9 Å². The van der Waals surface area contributed by atoms with E-state index in [-0.39, 0.29) is 13.2 Å². The number of hydrogen-bond donors (Lipinski definition) is 0. The molecule has 4 amide bonds. The molecule has 1 saturated heterocycles. The van der Waals surface area contributed by atoms with Crippen molar-refractivity contribution >= 4 is 23.8 Å². The number of esters is 1. The van der Waals surface area contributed by atoms with Gasteiger partial charge in [-0.1, -0.05) is 29.8 Å². The van der Waals surface area contributed by atoms with Crippen LogP contribution in [0.25, 0.3) is 0 Å². The maximum Gasteiger partial charge on any atom is 0.334 e. The minimum absolute atomic E-state index is 0.0891. The summed E-state index contributed by atoms with van der Waals surface area (Å²) >= 11 is 0. The van der Waals surface area contributed by atoms with E-state index in [9.17, 15) is 19.2 Å². The fraction of sp³-hybridized carbons (Fsp3) is 0.375. The van der Waals surface area contributed by atoms with Gasteiger partial charge in [0.25, 0.3) is 0 Å². The number of imide groups is 2. The van der Waals surface area contributed by atoms with Crippen molar-refractivity contribution in [1.82, 2.24) is 9.80 Å². The van der Waals surface area contributed by atoms with Crippen molar-refractivity contribution in [2.24, 2.45) is 0 Å². The summed E-state index contributed by atoms with van der Waals surface area (Å²) < 4.78 is 4.70. The normalized spacial score (nSPS) is 14.6. The Kier molecular flexibility index (Phi) is 5.10. The maximum atomic E-state index is 12.1. The minimum atomic E-state index is -0.994. The van der Waals surface area contributed by atoms with Crippen LogP contribution in [0.1, 0.15) is 18.1 Å². The Labute approximate surface area is 133 Å². The van der Waals surface area contributed by atoms with Gasteiger partial charge in [0.1, 0.15) is 6.54 Å². The van der Waals surface area contributed by atoms with E-state index in [0.717, 1.165) is 16.0 Å². The van der Waals surface area contributed by atoms with Gasteiger partial charge in [-0.05, 0) is 25.8 Å². The predicted molar refractivity (Wildman–Crippen MR) is 80.3 cm³/mol. The molecule has 0 aliphatic carbocycles. The Morgan fingerprint density at radius 3 is 2.26 bits per heavy atom. The summed E-state index contributed by atoms with van der Waals surface area (Å²) in [6.07, 6.45) is 0.443. The highest BCUT2D eigenvalue weighted by atomic mass is 16.5. The predicted octanol–water partition coefficient (Wildman–Crippen LogP) is 0.891. The van der Waals surface area contributed by atoms with E-state index in [2.05, 4.69) is 0 Å². The van der Waals surface area contributed by atoms with Crippen molar-refractivity contribution in [3.05, 3.63) is 35.4 Å². The molecule has 2 rings (SSSR count). The third kappa shape index (κ3) is 3.74. The number of benzene rings is 1. The number of ether oxygens (including phenoxy) is 1. The van der Waals surface area contributed by atoms with Crippen molar-refractivity contribution in [3.8, 4) is 0 Å². The molecular formula is C16H18N2O5. The summed E-state index contributed by atoms with van der Waals surface area (Å²) in [5, 5.41) is 0. The Balaban J connectivity index is 2.01. The van der Waals surface area contributed by atoms with Gasteiger partial charge in [-0.3, -0.25) is 19.3 Å². The molecule has 0 unspecified atom stereocenters. The molecule has 1 aromatic rings. The molecule has 23 heavy (non-hydrogen) atoms. The molecule has 0 bridgehead atoms. The molecule has 7 nitrogen and oxygen atoms in total. The Morgan fingerprint density at radius 1 is 1.04 bits per heavy atom. The van der Waals surface area contributed by atoms with Crippen LogP contribution in [0.2, 0.25) is 0 Å². The van der Waals surface area contributed by atoms with Crippen LogP contribution in [0.4, 0.5) is 4.79 Å². The zero-order valence-corrected chi connectivity index (χ0v) is 13.1. The first-order valence-electron chi connectivity index (χ1n) is 7.32. The smallest absolute Gasteiger partial charge is 0.334 e. The van der Waals surface area contributed by atoms with Gasteiger partial charge in [-0.15, -0.1) is 0 Å². The molecule has 1 heterocycles. The lowest BCUT2D eigenvalue weighted by Crippen LogP contribution is -2.38. The van der Waals surface area contributed by atoms with Crippen molar-refractivity contribution in [2.75, 3.05) is 19.7 Å². The maximum absolute atomic E-state index is 12.1. The van der Waals surface area contributed by atoms with Crippen LogP contribution in [0.3, 0.4) is 0 Å². The van der Waals surface area contributed by atoms with Crippen molar-refractivity contribution in [2.45, 2.75) is 20.3 Å². The summed E-state index contributed by atoms with van der Waals surface area (Å²) in [5.74, 6) is -2.62. The molecule has 122 valence electrons. The minimum Gasteiger partial charge on any atom is -0.465 e. The standard InChI is InChI=1S/C16H18N2O5/c1-3-23-13(19)10-18-15(21)14(20)17(16(18)22)9-8-12-6-4-11(2)5-7-12/h4-7H,3,8-10H2,1-2H3. The van der Waals surface area contributed by atoms with Crippen molar-refractivity contribution in [1.29, 1.82) is 0 Å². The SMILES string of the molecule is CCOC(=O)CN1C(=O)C(=O)N(CCc2ccc(C)cc2)C1=O.